The van der Waals surface area contributed by atoms with Crippen molar-refractivity contribution >= 4 is 0 Å². The number of hydrogen-bond acceptors (Lipinski definition) is 2. The first-order valence-electron chi connectivity index (χ1n) is 6.78. The number of halogens is 1. The van der Waals surface area contributed by atoms with Gasteiger partial charge in [0.2, 0.25) is 0 Å². The van der Waals surface area contributed by atoms with Crippen molar-refractivity contribution < 1.29 is 9.13 Å². The van der Waals surface area contributed by atoms with Crippen LogP contribution in [0.25, 0.3) is 0 Å². The highest BCUT2D eigenvalue weighted by Gasteiger charge is 2.35. The molecule has 2 nitrogen and oxygen atoms in total. The van der Waals surface area contributed by atoms with Crippen molar-refractivity contribution in [3.8, 4) is 5.75 Å². The van der Waals surface area contributed by atoms with Gasteiger partial charge in [-0.2, -0.15) is 0 Å². The molecule has 0 saturated heterocycles. The summed E-state index contributed by atoms with van der Waals surface area (Å²) < 4.78 is 19.3. The number of benzene rings is 1. The van der Waals surface area contributed by atoms with E-state index in [4.69, 9.17) is 10.5 Å². The van der Waals surface area contributed by atoms with Crippen LogP contribution in [0.5, 0.6) is 5.75 Å². The molecule has 1 aromatic carbocycles. The predicted molar refractivity (Wildman–Crippen MR) is 71.1 cm³/mol. The molecule has 100 valence electrons. The highest BCUT2D eigenvalue weighted by molar-refractivity contribution is 5.39. The summed E-state index contributed by atoms with van der Waals surface area (Å²) in [5.74, 6) is 0.353. The fourth-order valence-electron chi connectivity index (χ4n) is 2.69. The SMILES string of the molecule is CCCCCC1(C)C[C@H](N)c2ccc(F)cc2O1. The number of ether oxygens (including phenoxy) is 1. The molecule has 18 heavy (non-hydrogen) atoms. The van der Waals surface area contributed by atoms with Gasteiger partial charge in [0.25, 0.3) is 0 Å². The summed E-state index contributed by atoms with van der Waals surface area (Å²) in [7, 11) is 0. The zero-order valence-corrected chi connectivity index (χ0v) is 11.2. The highest BCUT2D eigenvalue weighted by Crippen LogP contribution is 2.40. The van der Waals surface area contributed by atoms with Crippen molar-refractivity contribution in [3.63, 3.8) is 0 Å². The van der Waals surface area contributed by atoms with Crippen molar-refractivity contribution in [3.05, 3.63) is 29.6 Å². The molecule has 3 heteroatoms. The van der Waals surface area contributed by atoms with Crippen molar-refractivity contribution in [1.82, 2.24) is 0 Å². The van der Waals surface area contributed by atoms with Crippen molar-refractivity contribution in [2.75, 3.05) is 0 Å². The lowest BCUT2D eigenvalue weighted by atomic mass is 9.85. The zero-order valence-electron chi connectivity index (χ0n) is 11.2. The van der Waals surface area contributed by atoms with Crippen LogP contribution in [-0.4, -0.2) is 5.60 Å². The Bertz CT molecular complexity index is 421. The maximum atomic E-state index is 13.3. The lowest BCUT2D eigenvalue weighted by molar-refractivity contribution is 0.0427. The molecular formula is C15H22FNO. The maximum Gasteiger partial charge on any atom is 0.127 e. The third kappa shape index (κ3) is 2.83. The fourth-order valence-corrected chi connectivity index (χ4v) is 2.69. The molecule has 2 N–H and O–H groups in total. The van der Waals surface area contributed by atoms with Crippen LogP contribution < -0.4 is 10.5 Å². The second-order valence-electron chi connectivity index (χ2n) is 5.50. The molecule has 0 spiro atoms. The van der Waals surface area contributed by atoms with Gasteiger partial charge in [-0.05, 0) is 25.8 Å². The minimum absolute atomic E-state index is 0.0547. The summed E-state index contributed by atoms with van der Waals surface area (Å²) in [6.45, 7) is 4.26. The highest BCUT2D eigenvalue weighted by atomic mass is 19.1. The number of fused-ring (bicyclic) bond motifs is 1. The van der Waals surface area contributed by atoms with Gasteiger partial charge in [0.1, 0.15) is 17.2 Å². The molecule has 1 heterocycles. The molecule has 1 aromatic rings. The molecule has 0 fully saturated rings. The van der Waals surface area contributed by atoms with Crippen LogP contribution in [0.1, 0.15) is 57.6 Å². The summed E-state index contributed by atoms with van der Waals surface area (Å²) >= 11 is 0. The summed E-state index contributed by atoms with van der Waals surface area (Å²) in [6, 6.07) is 4.58. The molecule has 1 aliphatic rings. The number of rotatable bonds is 4. The van der Waals surface area contributed by atoms with Gasteiger partial charge < -0.3 is 10.5 Å². The number of nitrogens with two attached hydrogens (primary N) is 1. The van der Waals surface area contributed by atoms with Gasteiger partial charge in [-0.3, -0.25) is 0 Å². The minimum atomic E-state index is -0.265. The quantitative estimate of drug-likeness (QED) is 0.822. The average Bonchev–Trinajstić information content (AvgIpc) is 2.28. The van der Waals surface area contributed by atoms with Gasteiger partial charge in [-0.1, -0.05) is 25.8 Å². The van der Waals surface area contributed by atoms with Crippen LogP contribution in [0, 0.1) is 5.82 Å². The van der Waals surface area contributed by atoms with Gasteiger partial charge in [0.05, 0.1) is 0 Å². The van der Waals surface area contributed by atoms with Crippen LogP contribution in [0.2, 0.25) is 0 Å². The fraction of sp³-hybridized carbons (Fsp3) is 0.600. The molecule has 0 saturated carbocycles. The molecule has 0 aliphatic carbocycles. The summed E-state index contributed by atoms with van der Waals surface area (Å²) in [5.41, 5.74) is 6.84. The summed E-state index contributed by atoms with van der Waals surface area (Å²) in [6.07, 6.45) is 5.29. The van der Waals surface area contributed by atoms with Gasteiger partial charge in [-0.25, -0.2) is 4.39 Å². The second-order valence-corrected chi connectivity index (χ2v) is 5.50. The monoisotopic (exact) mass is 251 g/mol. The van der Waals surface area contributed by atoms with E-state index in [-0.39, 0.29) is 17.5 Å². The lowest BCUT2D eigenvalue weighted by Crippen LogP contribution is -2.40. The first kappa shape index (κ1) is 13.3. The van der Waals surface area contributed by atoms with Gasteiger partial charge >= 0.3 is 0 Å². The third-order valence-electron chi connectivity index (χ3n) is 3.69. The Labute approximate surface area is 108 Å². The van der Waals surface area contributed by atoms with E-state index in [9.17, 15) is 4.39 Å². The van der Waals surface area contributed by atoms with E-state index in [0.717, 1.165) is 24.8 Å². The van der Waals surface area contributed by atoms with Crippen LogP contribution in [0.15, 0.2) is 18.2 Å². The van der Waals surface area contributed by atoms with Crippen molar-refractivity contribution in [1.29, 1.82) is 0 Å². The van der Waals surface area contributed by atoms with Crippen LogP contribution in [0.4, 0.5) is 4.39 Å². The van der Waals surface area contributed by atoms with Gasteiger partial charge in [0.15, 0.2) is 0 Å². The minimum Gasteiger partial charge on any atom is -0.487 e. The number of hydrogen-bond donors (Lipinski definition) is 1. The van der Waals surface area contributed by atoms with Crippen LogP contribution in [-0.2, 0) is 0 Å². The smallest absolute Gasteiger partial charge is 0.127 e. The molecule has 2 atom stereocenters. The Morgan fingerprint density at radius 1 is 1.44 bits per heavy atom. The van der Waals surface area contributed by atoms with Gasteiger partial charge in [-0.15, -0.1) is 0 Å². The van der Waals surface area contributed by atoms with Crippen molar-refractivity contribution in [2.45, 2.75) is 57.6 Å². The first-order valence-corrected chi connectivity index (χ1v) is 6.78. The summed E-state index contributed by atoms with van der Waals surface area (Å²) in [5, 5.41) is 0. The Balaban J connectivity index is 2.15. The largest absolute Gasteiger partial charge is 0.487 e. The van der Waals surface area contributed by atoms with E-state index in [1.165, 1.54) is 25.0 Å². The Morgan fingerprint density at radius 3 is 2.94 bits per heavy atom. The van der Waals surface area contributed by atoms with E-state index in [0.29, 0.717) is 5.75 Å². The first-order chi connectivity index (χ1) is 8.54. The third-order valence-corrected chi connectivity index (χ3v) is 3.69. The van der Waals surface area contributed by atoms with E-state index in [1.807, 2.05) is 0 Å². The van der Waals surface area contributed by atoms with Crippen LogP contribution >= 0.6 is 0 Å². The average molecular weight is 251 g/mol. The standard InChI is InChI=1S/C15H22FNO/c1-3-4-5-8-15(2)10-13(17)12-7-6-11(16)9-14(12)18-15/h6-7,9,13H,3-5,8,10,17H2,1-2H3/t13-,15?/m0/s1. The summed E-state index contributed by atoms with van der Waals surface area (Å²) in [4.78, 5) is 0. The van der Waals surface area contributed by atoms with E-state index < -0.39 is 0 Å². The normalized spacial score (nSPS) is 26.6. The molecule has 0 bridgehead atoms. The molecule has 1 unspecified atom stereocenters. The topological polar surface area (TPSA) is 35.2 Å². The van der Waals surface area contributed by atoms with Crippen LogP contribution in [0.3, 0.4) is 0 Å². The predicted octanol–water partition coefficient (Wildman–Crippen LogP) is 3.95. The number of unbranched alkanes of at least 4 members (excludes halogenated alkanes) is 2. The molecule has 0 radical (unpaired) electrons. The Morgan fingerprint density at radius 2 is 2.22 bits per heavy atom. The molecule has 0 aromatic heterocycles. The molecule has 0 amide bonds. The Kier molecular flexibility index (Phi) is 3.91. The lowest BCUT2D eigenvalue weighted by Gasteiger charge is -2.39. The van der Waals surface area contributed by atoms with E-state index in [1.54, 1.807) is 6.07 Å². The zero-order chi connectivity index (χ0) is 13.2. The molecular weight excluding hydrogens is 229 g/mol. The van der Waals surface area contributed by atoms with Gasteiger partial charge in [0, 0.05) is 24.1 Å². The second kappa shape index (κ2) is 5.27. The van der Waals surface area contributed by atoms with Crippen molar-refractivity contribution in [2.24, 2.45) is 5.73 Å². The van der Waals surface area contributed by atoms with E-state index >= 15 is 0 Å². The molecule has 2 rings (SSSR count). The Hall–Kier alpha value is -1.09. The molecule has 1 aliphatic heterocycles. The maximum absolute atomic E-state index is 13.3. The van der Waals surface area contributed by atoms with E-state index in [2.05, 4.69) is 13.8 Å².